The van der Waals surface area contributed by atoms with Gasteiger partial charge in [-0.3, -0.25) is 0 Å². The molecule has 1 fully saturated rings. The zero-order chi connectivity index (χ0) is 14.8. The van der Waals surface area contributed by atoms with E-state index < -0.39 is 0 Å². The lowest BCUT2D eigenvalue weighted by Gasteiger charge is -2.28. The topological polar surface area (TPSA) is 30.5 Å². The predicted molar refractivity (Wildman–Crippen MR) is 85.2 cm³/mol. The van der Waals surface area contributed by atoms with Gasteiger partial charge in [-0.05, 0) is 71.8 Å². The lowest BCUT2D eigenvalue weighted by molar-refractivity contribution is 0.00348. The fourth-order valence-corrected chi connectivity index (χ4v) is 2.74. The Morgan fingerprint density at radius 3 is 2.70 bits per heavy atom. The summed E-state index contributed by atoms with van der Waals surface area (Å²) in [4.78, 5) is 0. The standard InChI is InChI=1S/C17H35NO2/c1-5-13-18-15(11-12-17(2,3)19-4)9-10-16-8-6-7-14-20-16/h15-16,18H,5-14H2,1-4H3. The van der Waals surface area contributed by atoms with Crippen molar-refractivity contribution >= 4 is 0 Å². The van der Waals surface area contributed by atoms with E-state index >= 15 is 0 Å². The molecule has 0 amide bonds. The van der Waals surface area contributed by atoms with Crippen LogP contribution in [0.5, 0.6) is 0 Å². The van der Waals surface area contributed by atoms with Gasteiger partial charge >= 0.3 is 0 Å². The third-order valence-corrected chi connectivity index (χ3v) is 4.44. The summed E-state index contributed by atoms with van der Waals surface area (Å²) in [5.74, 6) is 0. The first-order valence-electron chi connectivity index (χ1n) is 8.47. The highest BCUT2D eigenvalue weighted by Gasteiger charge is 2.21. The summed E-state index contributed by atoms with van der Waals surface area (Å²) >= 11 is 0. The van der Waals surface area contributed by atoms with Crippen LogP contribution in [0.3, 0.4) is 0 Å². The molecule has 1 rings (SSSR count). The van der Waals surface area contributed by atoms with Crippen molar-refractivity contribution in [1.82, 2.24) is 5.32 Å². The molecule has 20 heavy (non-hydrogen) atoms. The first-order valence-corrected chi connectivity index (χ1v) is 8.47. The minimum atomic E-state index is -0.00647. The van der Waals surface area contributed by atoms with Gasteiger partial charge in [-0.2, -0.15) is 0 Å². The summed E-state index contributed by atoms with van der Waals surface area (Å²) in [6.45, 7) is 8.66. The molecule has 0 aromatic rings. The van der Waals surface area contributed by atoms with Gasteiger partial charge in [0.15, 0.2) is 0 Å². The number of nitrogens with one attached hydrogen (secondary N) is 1. The predicted octanol–water partition coefficient (Wildman–Crippen LogP) is 3.91. The van der Waals surface area contributed by atoms with Gasteiger partial charge in [-0.15, -0.1) is 0 Å². The molecule has 0 saturated carbocycles. The lowest BCUT2D eigenvalue weighted by atomic mass is 9.94. The summed E-state index contributed by atoms with van der Waals surface area (Å²) < 4.78 is 11.4. The molecule has 1 aliphatic rings. The number of rotatable bonds is 10. The molecule has 1 heterocycles. The molecule has 120 valence electrons. The smallest absolute Gasteiger partial charge is 0.0623 e. The Hall–Kier alpha value is -0.120. The zero-order valence-electron chi connectivity index (χ0n) is 14.0. The van der Waals surface area contributed by atoms with Gasteiger partial charge < -0.3 is 14.8 Å². The summed E-state index contributed by atoms with van der Waals surface area (Å²) in [6, 6.07) is 0.606. The second kappa shape index (κ2) is 9.75. The van der Waals surface area contributed by atoms with Gasteiger partial charge in [0.1, 0.15) is 0 Å². The maximum atomic E-state index is 5.85. The van der Waals surface area contributed by atoms with Crippen molar-refractivity contribution in [1.29, 1.82) is 0 Å². The highest BCUT2D eigenvalue weighted by atomic mass is 16.5. The van der Waals surface area contributed by atoms with E-state index in [-0.39, 0.29) is 5.60 Å². The van der Waals surface area contributed by atoms with E-state index in [0.29, 0.717) is 12.1 Å². The van der Waals surface area contributed by atoms with Crippen LogP contribution in [0, 0.1) is 0 Å². The zero-order valence-corrected chi connectivity index (χ0v) is 14.0. The van der Waals surface area contributed by atoms with E-state index in [4.69, 9.17) is 9.47 Å². The normalized spacial score (nSPS) is 21.9. The van der Waals surface area contributed by atoms with E-state index in [1.165, 1.54) is 44.9 Å². The fraction of sp³-hybridized carbons (Fsp3) is 1.00. The molecule has 0 spiro atoms. The van der Waals surface area contributed by atoms with Crippen molar-refractivity contribution in [2.75, 3.05) is 20.3 Å². The van der Waals surface area contributed by atoms with E-state index in [2.05, 4.69) is 26.1 Å². The van der Waals surface area contributed by atoms with Crippen LogP contribution < -0.4 is 5.32 Å². The van der Waals surface area contributed by atoms with E-state index in [0.717, 1.165) is 19.6 Å². The quantitative estimate of drug-likeness (QED) is 0.660. The number of methoxy groups -OCH3 is 1. The molecule has 0 aromatic heterocycles. The van der Waals surface area contributed by atoms with Gasteiger partial charge in [0.05, 0.1) is 11.7 Å². The molecular formula is C17H35NO2. The average Bonchev–Trinajstić information content (AvgIpc) is 2.47. The summed E-state index contributed by atoms with van der Waals surface area (Å²) in [5.41, 5.74) is -0.00647. The molecule has 2 unspecified atom stereocenters. The van der Waals surface area contributed by atoms with Crippen LogP contribution in [0.15, 0.2) is 0 Å². The Morgan fingerprint density at radius 1 is 1.30 bits per heavy atom. The maximum Gasteiger partial charge on any atom is 0.0623 e. The highest BCUT2D eigenvalue weighted by Crippen LogP contribution is 2.21. The monoisotopic (exact) mass is 285 g/mol. The molecule has 0 aliphatic carbocycles. The molecule has 3 nitrogen and oxygen atoms in total. The molecule has 3 heteroatoms. The van der Waals surface area contributed by atoms with Crippen molar-refractivity contribution in [3.8, 4) is 0 Å². The number of ether oxygens (including phenoxy) is 2. The maximum absolute atomic E-state index is 5.85. The lowest BCUT2D eigenvalue weighted by Crippen LogP contribution is -2.34. The first kappa shape index (κ1) is 17.9. The van der Waals surface area contributed by atoms with Gasteiger partial charge in [0.25, 0.3) is 0 Å². The van der Waals surface area contributed by atoms with E-state index in [1.807, 2.05) is 7.11 Å². The molecule has 1 N–H and O–H groups in total. The Kier molecular flexibility index (Phi) is 8.74. The highest BCUT2D eigenvalue weighted by molar-refractivity contribution is 4.76. The second-order valence-corrected chi connectivity index (χ2v) is 6.72. The van der Waals surface area contributed by atoms with E-state index in [1.54, 1.807) is 0 Å². The summed E-state index contributed by atoms with van der Waals surface area (Å²) in [7, 11) is 1.81. The van der Waals surface area contributed by atoms with Crippen molar-refractivity contribution < 1.29 is 9.47 Å². The van der Waals surface area contributed by atoms with Gasteiger partial charge in [-0.1, -0.05) is 6.92 Å². The minimum Gasteiger partial charge on any atom is -0.379 e. The Bertz CT molecular complexity index is 237. The van der Waals surface area contributed by atoms with Gasteiger partial charge in [0.2, 0.25) is 0 Å². The summed E-state index contributed by atoms with van der Waals surface area (Å²) in [5, 5.41) is 3.69. The van der Waals surface area contributed by atoms with Crippen LogP contribution in [-0.2, 0) is 9.47 Å². The molecular weight excluding hydrogens is 250 g/mol. The van der Waals surface area contributed by atoms with Crippen molar-refractivity contribution in [3.05, 3.63) is 0 Å². The van der Waals surface area contributed by atoms with Crippen molar-refractivity contribution in [3.63, 3.8) is 0 Å². The molecule has 0 radical (unpaired) electrons. The minimum absolute atomic E-state index is 0.00647. The molecule has 0 aromatic carbocycles. The fourth-order valence-electron chi connectivity index (χ4n) is 2.74. The van der Waals surface area contributed by atoms with Crippen LogP contribution in [0.4, 0.5) is 0 Å². The Morgan fingerprint density at radius 2 is 2.10 bits per heavy atom. The van der Waals surface area contributed by atoms with Gasteiger partial charge in [-0.25, -0.2) is 0 Å². The molecule has 1 saturated heterocycles. The number of hydrogen-bond donors (Lipinski definition) is 1. The average molecular weight is 285 g/mol. The SMILES string of the molecule is CCCNC(CCC1CCCCO1)CCC(C)(C)OC. The van der Waals surface area contributed by atoms with E-state index in [9.17, 15) is 0 Å². The van der Waals surface area contributed by atoms with Gasteiger partial charge in [0, 0.05) is 19.8 Å². The molecule has 1 aliphatic heterocycles. The third kappa shape index (κ3) is 7.61. The largest absolute Gasteiger partial charge is 0.379 e. The first-order chi connectivity index (χ1) is 9.57. The number of hydrogen-bond acceptors (Lipinski definition) is 3. The Labute approximate surface area is 125 Å². The van der Waals surface area contributed by atoms with Crippen molar-refractivity contribution in [2.24, 2.45) is 0 Å². The molecule has 2 atom stereocenters. The van der Waals surface area contributed by atoms with Crippen molar-refractivity contribution in [2.45, 2.75) is 89.9 Å². The van der Waals surface area contributed by atoms with Crippen LogP contribution >= 0.6 is 0 Å². The van der Waals surface area contributed by atoms with Crippen LogP contribution in [0.1, 0.15) is 72.1 Å². The van der Waals surface area contributed by atoms with Crippen LogP contribution in [-0.4, -0.2) is 38.0 Å². The summed E-state index contributed by atoms with van der Waals surface area (Å²) in [6.07, 6.45) is 10.3. The third-order valence-electron chi connectivity index (χ3n) is 4.44. The second-order valence-electron chi connectivity index (χ2n) is 6.72. The Balaban J connectivity index is 2.30. The van der Waals surface area contributed by atoms with Crippen LogP contribution in [0.25, 0.3) is 0 Å². The van der Waals surface area contributed by atoms with Crippen LogP contribution in [0.2, 0.25) is 0 Å². The molecule has 0 bridgehead atoms.